The summed E-state index contributed by atoms with van der Waals surface area (Å²) in [5.41, 5.74) is 0. The second kappa shape index (κ2) is 7.63. The molecular weight excluding hydrogens is 206 g/mol. The molecular formula is C12H23NO3. The lowest BCUT2D eigenvalue weighted by Gasteiger charge is -2.20. The third kappa shape index (κ3) is 6.08. The number of hydrogen-bond acceptors (Lipinski definition) is 3. The van der Waals surface area contributed by atoms with Gasteiger partial charge in [-0.1, -0.05) is 13.3 Å². The second-order valence-corrected chi connectivity index (χ2v) is 4.38. The lowest BCUT2D eigenvalue weighted by Crippen LogP contribution is -2.32. The number of nitrogens with zero attached hydrogens (tertiary/aromatic N) is 1. The molecule has 1 rings (SSSR count). The normalized spacial score (nSPS) is 15.6. The predicted molar refractivity (Wildman–Crippen MR) is 62.6 cm³/mol. The molecule has 1 N–H and O–H groups in total. The van der Waals surface area contributed by atoms with Crippen molar-refractivity contribution in [1.29, 1.82) is 0 Å². The van der Waals surface area contributed by atoms with Crippen LogP contribution in [0.3, 0.4) is 0 Å². The zero-order valence-corrected chi connectivity index (χ0v) is 10.2. The Morgan fingerprint density at radius 3 is 2.69 bits per heavy atom. The predicted octanol–water partition coefficient (Wildman–Crippen LogP) is 1.74. The highest BCUT2D eigenvalue weighted by atomic mass is 16.5. The Bertz CT molecular complexity index is 204. The van der Waals surface area contributed by atoms with E-state index < -0.39 is 5.97 Å². The molecule has 0 atom stereocenters. The average Bonchev–Trinajstić information content (AvgIpc) is 3.05. The molecule has 0 heterocycles. The maximum atomic E-state index is 10.5. The van der Waals surface area contributed by atoms with E-state index in [9.17, 15) is 4.79 Å². The highest BCUT2D eigenvalue weighted by Gasteiger charge is 2.28. The van der Waals surface area contributed by atoms with Gasteiger partial charge >= 0.3 is 5.97 Å². The fourth-order valence-electron chi connectivity index (χ4n) is 1.69. The molecule has 1 aliphatic rings. The standard InChI is InChI=1S/C12H23NO3/c1-2-3-9-16-10-8-13(11-4-5-11)7-6-12(14)15/h11H,2-10H2,1H3,(H,14,15). The van der Waals surface area contributed by atoms with Crippen molar-refractivity contribution in [3.8, 4) is 0 Å². The van der Waals surface area contributed by atoms with Gasteiger partial charge in [-0.05, 0) is 19.3 Å². The lowest BCUT2D eigenvalue weighted by atomic mass is 10.3. The number of ether oxygens (including phenoxy) is 1. The van der Waals surface area contributed by atoms with E-state index in [1.165, 1.54) is 12.8 Å². The van der Waals surface area contributed by atoms with E-state index in [1.807, 2.05) is 0 Å². The second-order valence-electron chi connectivity index (χ2n) is 4.38. The molecule has 0 aliphatic heterocycles. The number of unbranched alkanes of at least 4 members (excludes halogenated alkanes) is 1. The Labute approximate surface area is 97.6 Å². The summed E-state index contributed by atoms with van der Waals surface area (Å²) in [4.78, 5) is 12.8. The van der Waals surface area contributed by atoms with Crippen LogP contribution in [0.2, 0.25) is 0 Å². The largest absolute Gasteiger partial charge is 0.481 e. The summed E-state index contributed by atoms with van der Waals surface area (Å²) < 4.78 is 5.50. The van der Waals surface area contributed by atoms with Crippen molar-refractivity contribution in [2.75, 3.05) is 26.3 Å². The average molecular weight is 229 g/mol. The number of carbonyl (C=O) groups is 1. The first kappa shape index (κ1) is 13.5. The number of carboxylic acids is 1. The molecule has 0 radical (unpaired) electrons. The van der Waals surface area contributed by atoms with Gasteiger partial charge in [-0.2, -0.15) is 0 Å². The van der Waals surface area contributed by atoms with Crippen LogP contribution < -0.4 is 0 Å². The molecule has 1 aliphatic carbocycles. The van der Waals surface area contributed by atoms with E-state index in [2.05, 4.69) is 11.8 Å². The van der Waals surface area contributed by atoms with Gasteiger partial charge < -0.3 is 9.84 Å². The van der Waals surface area contributed by atoms with E-state index in [0.717, 1.165) is 32.6 Å². The summed E-state index contributed by atoms with van der Waals surface area (Å²) >= 11 is 0. The number of hydrogen-bond donors (Lipinski definition) is 1. The van der Waals surface area contributed by atoms with Gasteiger partial charge in [-0.15, -0.1) is 0 Å². The third-order valence-electron chi connectivity index (χ3n) is 2.84. The highest BCUT2D eigenvalue weighted by molar-refractivity contribution is 5.66. The van der Waals surface area contributed by atoms with E-state index >= 15 is 0 Å². The van der Waals surface area contributed by atoms with E-state index in [-0.39, 0.29) is 6.42 Å². The first-order chi connectivity index (χ1) is 7.74. The monoisotopic (exact) mass is 229 g/mol. The first-order valence-corrected chi connectivity index (χ1v) is 6.27. The van der Waals surface area contributed by atoms with Crippen LogP contribution in [-0.2, 0) is 9.53 Å². The Morgan fingerprint density at radius 1 is 1.38 bits per heavy atom. The Balaban J connectivity index is 2.06. The lowest BCUT2D eigenvalue weighted by molar-refractivity contribution is -0.137. The Hall–Kier alpha value is -0.610. The maximum absolute atomic E-state index is 10.5. The molecule has 0 aromatic rings. The van der Waals surface area contributed by atoms with Crippen molar-refractivity contribution in [3.05, 3.63) is 0 Å². The Morgan fingerprint density at radius 2 is 2.12 bits per heavy atom. The molecule has 0 unspecified atom stereocenters. The highest BCUT2D eigenvalue weighted by Crippen LogP contribution is 2.26. The topological polar surface area (TPSA) is 49.8 Å². The first-order valence-electron chi connectivity index (χ1n) is 6.27. The van der Waals surface area contributed by atoms with Gasteiger partial charge in [-0.3, -0.25) is 9.69 Å². The van der Waals surface area contributed by atoms with E-state index in [1.54, 1.807) is 0 Å². The van der Waals surface area contributed by atoms with Gasteiger partial charge in [-0.25, -0.2) is 0 Å². The smallest absolute Gasteiger partial charge is 0.304 e. The van der Waals surface area contributed by atoms with Crippen molar-refractivity contribution in [1.82, 2.24) is 4.90 Å². The van der Waals surface area contributed by atoms with Gasteiger partial charge in [0.2, 0.25) is 0 Å². The molecule has 94 valence electrons. The van der Waals surface area contributed by atoms with Crippen LogP contribution in [0.15, 0.2) is 0 Å². The summed E-state index contributed by atoms with van der Waals surface area (Å²) in [5.74, 6) is -0.711. The summed E-state index contributed by atoms with van der Waals surface area (Å²) in [7, 11) is 0. The van der Waals surface area contributed by atoms with Crippen LogP contribution in [0.5, 0.6) is 0 Å². The zero-order valence-electron chi connectivity index (χ0n) is 10.2. The van der Waals surface area contributed by atoms with Crippen molar-refractivity contribution >= 4 is 5.97 Å². The molecule has 1 fully saturated rings. The molecule has 0 bridgehead atoms. The number of rotatable bonds is 10. The molecule has 0 saturated heterocycles. The fraction of sp³-hybridized carbons (Fsp3) is 0.917. The Kier molecular flexibility index (Phi) is 6.42. The molecule has 16 heavy (non-hydrogen) atoms. The van der Waals surface area contributed by atoms with Crippen molar-refractivity contribution in [2.24, 2.45) is 0 Å². The van der Waals surface area contributed by atoms with E-state index in [0.29, 0.717) is 12.6 Å². The zero-order chi connectivity index (χ0) is 11.8. The number of aliphatic carboxylic acids is 1. The quantitative estimate of drug-likeness (QED) is 0.580. The van der Waals surface area contributed by atoms with Crippen molar-refractivity contribution in [2.45, 2.75) is 45.1 Å². The fourth-order valence-corrected chi connectivity index (χ4v) is 1.69. The minimum absolute atomic E-state index is 0.242. The van der Waals surface area contributed by atoms with Gasteiger partial charge in [0.1, 0.15) is 0 Å². The number of carboxylic acid groups (broad SMARTS) is 1. The minimum atomic E-state index is -0.711. The summed E-state index contributed by atoms with van der Waals surface area (Å²) in [5, 5.41) is 8.65. The summed E-state index contributed by atoms with van der Waals surface area (Å²) in [6.07, 6.45) is 4.94. The molecule has 0 aromatic carbocycles. The van der Waals surface area contributed by atoms with Gasteiger partial charge in [0.25, 0.3) is 0 Å². The molecule has 4 nitrogen and oxygen atoms in total. The maximum Gasteiger partial charge on any atom is 0.304 e. The van der Waals surface area contributed by atoms with Crippen molar-refractivity contribution in [3.63, 3.8) is 0 Å². The van der Waals surface area contributed by atoms with E-state index in [4.69, 9.17) is 9.84 Å². The SMILES string of the molecule is CCCCOCCN(CCC(=O)O)C1CC1. The molecule has 0 aromatic heterocycles. The molecule has 0 spiro atoms. The molecule has 0 amide bonds. The summed E-state index contributed by atoms with van der Waals surface area (Å²) in [6.45, 7) is 5.25. The van der Waals surface area contributed by atoms with Crippen LogP contribution in [0.4, 0.5) is 0 Å². The van der Waals surface area contributed by atoms with Crippen LogP contribution in [-0.4, -0.2) is 48.3 Å². The minimum Gasteiger partial charge on any atom is -0.481 e. The van der Waals surface area contributed by atoms with Crippen LogP contribution in [0, 0.1) is 0 Å². The summed E-state index contributed by atoms with van der Waals surface area (Å²) in [6, 6.07) is 0.620. The third-order valence-corrected chi connectivity index (χ3v) is 2.84. The van der Waals surface area contributed by atoms with Crippen LogP contribution in [0.25, 0.3) is 0 Å². The molecule has 4 heteroatoms. The van der Waals surface area contributed by atoms with Crippen molar-refractivity contribution < 1.29 is 14.6 Å². The van der Waals surface area contributed by atoms with Gasteiger partial charge in [0.05, 0.1) is 13.0 Å². The molecule has 1 saturated carbocycles. The van der Waals surface area contributed by atoms with Crippen LogP contribution >= 0.6 is 0 Å². The van der Waals surface area contributed by atoms with Crippen LogP contribution in [0.1, 0.15) is 39.0 Å². The van der Waals surface area contributed by atoms with Gasteiger partial charge in [0, 0.05) is 25.7 Å². The van der Waals surface area contributed by atoms with Gasteiger partial charge in [0.15, 0.2) is 0 Å².